The van der Waals surface area contributed by atoms with E-state index in [-0.39, 0.29) is 6.54 Å². The van der Waals surface area contributed by atoms with Gasteiger partial charge in [-0.2, -0.15) is 0 Å². The van der Waals surface area contributed by atoms with Crippen molar-refractivity contribution in [3.8, 4) is 0 Å². The maximum atomic E-state index is 10.8. The minimum absolute atomic E-state index is 0.0729. The Morgan fingerprint density at radius 3 is 2.75 bits per heavy atom. The fourth-order valence-electron chi connectivity index (χ4n) is 1.64. The van der Waals surface area contributed by atoms with Crippen LogP contribution >= 0.6 is 0 Å². The van der Waals surface area contributed by atoms with Crippen LogP contribution in [0.2, 0.25) is 0 Å². The quantitative estimate of drug-likeness (QED) is 0.803. The van der Waals surface area contributed by atoms with Crippen molar-refractivity contribution in [3.63, 3.8) is 0 Å². The second kappa shape index (κ2) is 6.16. The summed E-state index contributed by atoms with van der Waals surface area (Å²) in [6, 6.07) is 7.97. The molecule has 1 aromatic carbocycles. The lowest BCUT2D eigenvalue weighted by Gasteiger charge is -2.23. The Hall–Kier alpha value is -1.51. The Labute approximate surface area is 96.7 Å². The summed E-state index contributed by atoms with van der Waals surface area (Å²) in [6.07, 6.45) is 2.09. The number of nitrogens with zero attached hydrogens (tertiary/aromatic N) is 1. The van der Waals surface area contributed by atoms with Gasteiger partial charge in [0.25, 0.3) is 0 Å². The van der Waals surface area contributed by atoms with E-state index in [1.54, 1.807) is 0 Å². The molecule has 0 amide bonds. The molecule has 0 radical (unpaired) electrons. The summed E-state index contributed by atoms with van der Waals surface area (Å²) in [7, 11) is 0. The molecule has 1 rings (SSSR count). The van der Waals surface area contributed by atoms with Gasteiger partial charge in [-0.1, -0.05) is 25.5 Å². The maximum Gasteiger partial charge on any atom is 0.323 e. The van der Waals surface area contributed by atoms with Crippen LogP contribution in [0.3, 0.4) is 0 Å². The normalized spacial score (nSPS) is 10.1. The molecule has 88 valence electrons. The Bertz CT molecular complexity index is 350. The van der Waals surface area contributed by atoms with E-state index in [0.29, 0.717) is 0 Å². The molecule has 3 heteroatoms. The van der Waals surface area contributed by atoms with E-state index < -0.39 is 5.97 Å². The highest BCUT2D eigenvalue weighted by atomic mass is 16.4. The zero-order valence-electron chi connectivity index (χ0n) is 9.94. The van der Waals surface area contributed by atoms with Crippen LogP contribution in [0.1, 0.15) is 25.3 Å². The van der Waals surface area contributed by atoms with Gasteiger partial charge in [-0.05, 0) is 31.0 Å². The molecule has 0 spiro atoms. The number of hydrogen-bond acceptors (Lipinski definition) is 2. The number of aliphatic carboxylic acids is 1. The lowest BCUT2D eigenvalue weighted by Crippen LogP contribution is -2.30. The van der Waals surface area contributed by atoms with Gasteiger partial charge in [0.1, 0.15) is 6.54 Å². The number of carboxylic acid groups (broad SMARTS) is 1. The Morgan fingerprint density at radius 2 is 2.19 bits per heavy atom. The summed E-state index contributed by atoms with van der Waals surface area (Å²) >= 11 is 0. The van der Waals surface area contributed by atoms with Gasteiger partial charge in [0, 0.05) is 12.2 Å². The van der Waals surface area contributed by atoms with Gasteiger partial charge in [0.05, 0.1) is 0 Å². The fourth-order valence-corrected chi connectivity index (χ4v) is 1.64. The predicted octanol–water partition coefficient (Wildman–Crippen LogP) is 2.69. The zero-order valence-corrected chi connectivity index (χ0v) is 9.94. The van der Waals surface area contributed by atoms with Gasteiger partial charge >= 0.3 is 5.97 Å². The number of rotatable bonds is 6. The molecule has 0 aliphatic carbocycles. The first kappa shape index (κ1) is 12.6. The van der Waals surface area contributed by atoms with Gasteiger partial charge in [-0.3, -0.25) is 4.79 Å². The van der Waals surface area contributed by atoms with E-state index in [1.807, 2.05) is 36.1 Å². The largest absolute Gasteiger partial charge is 0.480 e. The number of hydrogen-bond donors (Lipinski definition) is 1. The van der Waals surface area contributed by atoms with E-state index in [2.05, 4.69) is 6.92 Å². The minimum atomic E-state index is -0.780. The molecule has 0 saturated carbocycles. The first-order valence-corrected chi connectivity index (χ1v) is 5.67. The first-order chi connectivity index (χ1) is 7.63. The standard InChI is InChI=1S/C13H19NO2/c1-3-4-8-14(10-13(15)16)12-7-5-6-11(2)9-12/h5-7,9H,3-4,8,10H2,1-2H3,(H,15,16). The Morgan fingerprint density at radius 1 is 1.44 bits per heavy atom. The molecule has 0 bridgehead atoms. The Balaban J connectivity index is 2.78. The number of aryl methyl sites for hydroxylation is 1. The molecule has 0 unspecified atom stereocenters. The lowest BCUT2D eigenvalue weighted by atomic mass is 10.2. The van der Waals surface area contributed by atoms with E-state index in [1.165, 1.54) is 0 Å². The predicted molar refractivity (Wildman–Crippen MR) is 65.9 cm³/mol. The molecule has 0 aromatic heterocycles. The monoisotopic (exact) mass is 221 g/mol. The number of anilines is 1. The summed E-state index contributed by atoms with van der Waals surface area (Å²) in [5.74, 6) is -0.780. The molecular formula is C13H19NO2. The van der Waals surface area contributed by atoms with Crippen LogP contribution in [0, 0.1) is 6.92 Å². The summed E-state index contributed by atoms with van der Waals surface area (Å²) in [4.78, 5) is 12.7. The summed E-state index contributed by atoms with van der Waals surface area (Å²) in [6.45, 7) is 4.99. The molecule has 16 heavy (non-hydrogen) atoms. The molecule has 0 aliphatic heterocycles. The van der Waals surface area contributed by atoms with Crippen molar-refractivity contribution in [2.75, 3.05) is 18.0 Å². The summed E-state index contributed by atoms with van der Waals surface area (Å²) in [5.41, 5.74) is 2.15. The van der Waals surface area contributed by atoms with Crippen LogP contribution in [-0.2, 0) is 4.79 Å². The molecule has 0 fully saturated rings. The highest BCUT2D eigenvalue weighted by Crippen LogP contribution is 2.16. The van der Waals surface area contributed by atoms with E-state index in [0.717, 1.165) is 30.6 Å². The van der Waals surface area contributed by atoms with Gasteiger partial charge in [0.2, 0.25) is 0 Å². The van der Waals surface area contributed by atoms with Gasteiger partial charge in [-0.15, -0.1) is 0 Å². The van der Waals surface area contributed by atoms with Crippen LogP contribution in [-0.4, -0.2) is 24.2 Å². The number of carboxylic acids is 1. The van der Waals surface area contributed by atoms with Gasteiger partial charge < -0.3 is 10.0 Å². The average Bonchev–Trinajstić information content (AvgIpc) is 2.23. The van der Waals surface area contributed by atoms with Crippen molar-refractivity contribution in [1.29, 1.82) is 0 Å². The third-order valence-electron chi connectivity index (χ3n) is 2.47. The van der Waals surface area contributed by atoms with Crippen LogP contribution in [0.5, 0.6) is 0 Å². The molecule has 0 heterocycles. The fraction of sp³-hybridized carbons (Fsp3) is 0.462. The first-order valence-electron chi connectivity index (χ1n) is 5.67. The molecule has 0 aliphatic rings. The number of unbranched alkanes of at least 4 members (excludes halogenated alkanes) is 1. The SMILES string of the molecule is CCCCN(CC(=O)O)c1cccc(C)c1. The molecule has 0 atom stereocenters. The second-order valence-corrected chi connectivity index (χ2v) is 4.01. The number of carbonyl (C=O) groups is 1. The van der Waals surface area contributed by atoms with Crippen molar-refractivity contribution in [2.45, 2.75) is 26.7 Å². The second-order valence-electron chi connectivity index (χ2n) is 4.01. The van der Waals surface area contributed by atoms with Crippen molar-refractivity contribution >= 4 is 11.7 Å². The van der Waals surface area contributed by atoms with Crippen molar-refractivity contribution < 1.29 is 9.90 Å². The third kappa shape index (κ3) is 3.93. The van der Waals surface area contributed by atoms with Crippen LogP contribution in [0.15, 0.2) is 24.3 Å². The zero-order chi connectivity index (χ0) is 12.0. The maximum absolute atomic E-state index is 10.8. The van der Waals surface area contributed by atoms with Crippen molar-refractivity contribution in [3.05, 3.63) is 29.8 Å². The highest BCUT2D eigenvalue weighted by molar-refractivity contribution is 5.73. The van der Waals surface area contributed by atoms with Crippen LogP contribution < -0.4 is 4.90 Å². The van der Waals surface area contributed by atoms with Crippen LogP contribution in [0.4, 0.5) is 5.69 Å². The van der Waals surface area contributed by atoms with Gasteiger partial charge in [-0.25, -0.2) is 0 Å². The Kier molecular flexibility index (Phi) is 4.83. The summed E-state index contributed by atoms with van der Waals surface area (Å²) in [5, 5.41) is 8.87. The number of benzene rings is 1. The van der Waals surface area contributed by atoms with Gasteiger partial charge in [0.15, 0.2) is 0 Å². The summed E-state index contributed by atoms with van der Waals surface area (Å²) < 4.78 is 0. The minimum Gasteiger partial charge on any atom is -0.480 e. The highest BCUT2D eigenvalue weighted by Gasteiger charge is 2.09. The van der Waals surface area contributed by atoms with E-state index in [9.17, 15) is 4.79 Å². The van der Waals surface area contributed by atoms with Crippen molar-refractivity contribution in [2.24, 2.45) is 0 Å². The average molecular weight is 221 g/mol. The topological polar surface area (TPSA) is 40.5 Å². The molecule has 1 N–H and O–H groups in total. The van der Waals surface area contributed by atoms with E-state index in [4.69, 9.17) is 5.11 Å². The van der Waals surface area contributed by atoms with E-state index >= 15 is 0 Å². The third-order valence-corrected chi connectivity index (χ3v) is 2.47. The molecular weight excluding hydrogens is 202 g/mol. The molecule has 1 aromatic rings. The molecule has 3 nitrogen and oxygen atoms in total. The van der Waals surface area contributed by atoms with Crippen LogP contribution in [0.25, 0.3) is 0 Å². The lowest BCUT2D eigenvalue weighted by molar-refractivity contribution is -0.135. The smallest absolute Gasteiger partial charge is 0.323 e. The van der Waals surface area contributed by atoms with Crippen molar-refractivity contribution in [1.82, 2.24) is 0 Å². The molecule has 0 saturated heterocycles.